The Balaban J connectivity index is 1.53. The van der Waals surface area contributed by atoms with E-state index in [1.807, 2.05) is 54.0 Å². The van der Waals surface area contributed by atoms with E-state index in [-0.39, 0.29) is 17.9 Å². The van der Waals surface area contributed by atoms with Gasteiger partial charge in [-0.15, -0.1) is 0 Å². The van der Waals surface area contributed by atoms with Crippen LogP contribution in [0.1, 0.15) is 25.8 Å². The number of piperazine rings is 1. The highest BCUT2D eigenvalue weighted by Crippen LogP contribution is 2.26. The van der Waals surface area contributed by atoms with Gasteiger partial charge in [-0.05, 0) is 19.4 Å². The first-order valence-electron chi connectivity index (χ1n) is 9.42. The maximum Gasteiger partial charge on any atom is 0.232 e. The lowest BCUT2D eigenvalue weighted by atomic mass is 9.83. The third kappa shape index (κ3) is 4.24. The summed E-state index contributed by atoms with van der Waals surface area (Å²) < 4.78 is 5.41. The Morgan fingerprint density at radius 2 is 1.77 bits per heavy atom. The molecule has 0 spiro atoms. The van der Waals surface area contributed by atoms with Crippen molar-refractivity contribution < 1.29 is 14.3 Å². The number of carbonyl (C=O) groups is 2. The van der Waals surface area contributed by atoms with Crippen LogP contribution >= 0.6 is 0 Å². The van der Waals surface area contributed by atoms with Gasteiger partial charge in [0, 0.05) is 45.2 Å². The van der Waals surface area contributed by atoms with Crippen LogP contribution in [0.5, 0.6) is 0 Å². The largest absolute Gasteiger partial charge is 0.378 e. The van der Waals surface area contributed by atoms with Crippen LogP contribution < -0.4 is 5.32 Å². The molecule has 2 saturated heterocycles. The molecule has 2 fully saturated rings. The number of rotatable bonds is 4. The first-order valence-corrected chi connectivity index (χ1v) is 9.42. The van der Waals surface area contributed by atoms with Crippen molar-refractivity contribution in [1.29, 1.82) is 0 Å². The molecule has 142 valence electrons. The van der Waals surface area contributed by atoms with E-state index in [9.17, 15) is 9.59 Å². The highest BCUT2D eigenvalue weighted by atomic mass is 16.5. The fourth-order valence-electron chi connectivity index (χ4n) is 3.62. The van der Waals surface area contributed by atoms with E-state index < -0.39 is 5.41 Å². The van der Waals surface area contributed by atoms with Crippen molar-refractivity contribution in [2.45, 2.75) is 31.7 Å². The topological polar surface area (TPSA) is 61.9 Å². The zero-order valence-corrected chi connectivity index (χ0v) is 15.7. The van der Waals surface area contributed by atoms with E-state index in [4.69, 9.17) is 4.74 Å². The van der Waals surface area contributed by atoms with E-state index in [1.54, 1.807) is 0 Å². The van der Waals surface area contributed by atoms with E-state index in [2.05, 4.69) is 5.32 Å². The van der Waals surface area contributed by atoms with Gasteiger partial charge in [0.05, 0.1) is 18.6 Å². The number of nitrogens with zero attached hydrogens (tertiary/aromatic N) is 2. The molecule has 0 saturated carbocycles. The average Bonchev–Trinajstić information content (AvgIpc) is 2.69. The second-order valence-electron chi connectivity index (χ2n) is 7.59. The average molecular weight is 359 g/mol. The standard InChI is InChI=1S/C20H29N3O3/c1-20(2,16-6-4-3-5-7-16)19(25)23-11-9-22(10-12-23)18(24)14-17-15-26-13-8-21-17/h3-7,17,21H,8-15H2,1-2H3. The highest BCUT2D eigenvalue weighted by molar-refractivity contribution is 5.87. The highest BCUT2D eigenvalue weighted by Gasteiger charge is 2.35. The number of morpholine rings is 1. The molecule has 1 N–H and O–H groups in total. The lowest BCUT2D eigenvalue weighted by Crippen LogP contribution is -2.55. The molecule has 0 radical (unpaired) electrons. The van der Waals surface area contributed by atoms with Crippen molar-refractivity contribution in [3.05, 3.63) is 35.9 Å². The molecule has 6 heteroatoms. The van der Waals surface area contributed by atoms with Crippen molar-refractivity contribution in [3.63, 3.8) is 0 Å². The Morgan fingerprint density at radius 1 is 1.12 bits per heavy atom. The van der Waals surface area contributed by atoms with Gasteiger partial charge in [-0.25, -0.2) is 0 Å². The third-order valence-corrected chi connectivity index (χ3v) is 5.37. The number of hydrogen-bond acceptors (Lipinski definition) is 4. The van der Waals surface area contributed by atoms with Gasteiger partial charge < -0.3 is 19.9 Å². The summed E-state index contributed by atoms with van der Waals surface area (Å²) in [6.07, 6.45) is 0.462. The van der Waals surface area contributed by atoms with Crippen molar-refractivity contribution in [1.82, 2.24) is 15.1 Å². The minimum atomic E-state index is -0.559. The van der Waals surface area contributed by atoms with Crippen LogP contribution in [0.15, 0.2) is 30.3 Å². The van der Waals surface area contributed by atoms with Gasteiger partial charge in [-0.3, -0.25) is 9.59 Å². The minimum Gasteiger partial charge on any atom is -0.378 e. The zero-order valence-electron chi connectivity index (χ0n) is 15.7. The number of ether oxygens (including phenoxy) is 1. The zero-order chi connectivity index (χ0) is 18.6. The van der Waals surface area contributed by atoms with Gasteiger partial charge in [0.25, 0.3) is 0 Å². The smallest absolute Gasteiger partial charge is 0.232 e. The molecule has 2 heterocycles. The van der Waals surface area contributed by atoms with Crippen LogP contribution in [0.4, 0.5) is 0 Å². The molecule has 2 aliphatic heterocycles. The molecule has 2 amide bonds. The summed E-state index contributed by atoms with van der Waals surface area (Å²) in [5.41, 5.74) is 0.462. The molecule has 26 heavy (non-hydrogen) atoms. The Morgan fingerprint density at radius 3 is 2.38 bits per heavy atom. The van der Waals surface area contributed by atoms with E-state index >= 15 is 0 Å². The maximum atomic E-state index is 13.0. The first kappa shape index (κ1) is 18.9. The van der Waals surface area contributed by atoms with Crippen molar-refractivity contribution in [2.24, 2.45) is 0 Å². The molecule has 6 nitrogen and oxygen atoms in total. The van der Waals surface area contributed by atoms with Gasteiger partial charge in [0.2, 0.25) is 11.8 Å². The Kier molecular flexibility index (Phi) is 5.94. The number of amides is 2. The Bertz CT molecular complexity index is 618. The molecular weight excluding hydrogens is 330 g/mol. The second kappa shape index (κ2) is 8.18. The molecule has 0 aromatic heterocycles. The molecular formula is C20H29N3O3. The monoisotopic (exact) mass is 359 g/mol. The minimum absolute atomic E-state index is 0.105. The Hall–Kier alpha value is -1.92. The van der Waals surface area contributed by atoms with Gasteiger partial charge in [0.15, 0.2) is 0 Å². The van der Waals surface area contributed by atoms with Crippen molar-refractivity contribution >= 4 is 11.8 Å². The SMILES string of the molecule is CC(C)(C(=O)N1CCN(C(=O)CC2COCCN2)CC1)c1ccccc1. The Labute approximate surface area is 155 Å². The maximum absolute atomic E-state index is 13.0. The summed E-state index contributed by atoms with van der Waals surface area (Å²) in [5, 5.41) is 3.32. The molecule has 3 rings (SSSR count). The molecule has 1 atom stereocenters. The first-order chi connectivity index (χ1) is 12.5. The number of carbonyl (C=O) groups excluding carboxylic acids is 2. The van der Waals surface area contributed by atoms with E-state index in [0.717, 1.165) is 12.1 Å². The molecule has 1 aromatic carbocycles. The normalized spacial score (nSPS) is 21.5. The quantitative estimate of drug-likeness (QED) is 0.872. The number of nitrogens with one attached hydrogen (secondary N) is 1. The van der Waals surface area contributed by atoms with Crippen LogP contribution in [0.2, 0.25) is 0 Å². The summed E-state index contributed by atoms with van der Waals surface area (Å²) in [5.74, 6) is 0.264. The summed E-state index contributed by atoms with van der Waals surface area (Å²) in [4.78, 5) is 29.3. The van der Waals surface area contributed by atoms with Crippen LogP contribution in [-0.4, -0.2) is 73.6 Å². The predicted octanol–water partition coefficient (Wildman–Crippen LogP) is 1.01. The fraction of sp³-hybridized carbons (Fsp3) is 0.600. The molecule has 1 unspecified atom stereocenters. The lowest BCUT2D eigenvalue weighted by molar-refractivity contribution is -0.143. The molecule has 1 aromatic rings. The van der Waals surface area contributed by atoms with Crippen molar-refractivity contribution in [2.75, 3.05) is 45.9 Å². The van der Waals surface area contributed by atoms with Gasteiger partial charge in [-0.1, -0.05) is 30.3 Å². The summed E-state index contributed by atoms with van der Waals surface area (Å²) >= 11 is 0. The van der Waals surface area contributed by atoms with Gasteiger partial charge >= 0.3 is 0 Å². The lowest BCUT2D eigenvalue weighted by Gasteiger charge is -2.39. The second-order valence-corrected chi connectivity index (χ2v) is 7.59. The summed E-state index contributed by atoms with van der Waals surface area (Å²) in [6, 6.07) is 9.98. The molecule has 0 bridgehead atoms. The summed E-state index contributed by atoms with van der Waals surface area (Å²) in [6.45, 7) is 8.43. The van der Waals surface area contributed by atoms with Crippen LogP contribution in [0.25, 0.3) is 0 Å². The summed E-state index contributed by atoms with van der Waals surface area (Å²) in [7, 11) is 0. The van der Waals surface area contributed by atoms with Gasteiger partial charge in [0.1, 0.15) is 0 Å². The number of benzene rings is 1. The van der Waals surface area contributed by atoms with E-state index in [0.29, 0.717) is 45.8 Å². The van der Waals surface area contributed by atoms with Gasteiger partial charge in [-0.2, -0.15) is 0 Å². The van der Waals surface area contributed by atoms with Crippen LogP contribution in [0.3, 0.4) is 0 Å². The van der Waals surface area contributed by atoms with Crippen LogP contribution in [-0.2, 0) is 19.7 Å². The third-order valence-electron chi connectivity index (χ3n) is 5.37. The molecule has 2 aliphatic rings. The van der Waals surface area contributed by atoms with E-state index in [1.165, 1.54) is 0 Å². The van der Waals surface area contributed by atoms with Crippen LogP contribution in [0, 0.1) is 0 Å². The fourth-order valence-corrected chi connectivity index (χ4v) is 3.62. The van der Waals surface area contributed by atoms with Crippen molar-refractivity contribution in [3.8, 4) is 0 Å². The predicted molar refractivity (Wildman–Crippen MR) is 99.9 cm³/mol. The number of hydrogen-bond donors (Lipinski definition) is 1. The molecule has 0 aliphatic carbocycles.